The van der Waals surface area contributed by atoms with Crippen molar-refractivity contribution in [1.82, 2.24) is 4.57 Å². The van der Waals surface area contributed by atoms with E-state index in [2.05, 4.69) is 28.8 Å². The van der Waals surface area contributed by atoms with Crippen molar-refractivity contribution in [2.75, 3.05) is 6.61 Å². The van der Waals surface area contributed by atoms with Crippen molar-refractivity contribution in [2.24, 2.45) is 0 Å². The number of esters is 1. The summed E-state index contributed by atoms with van der Waals surface area (Å²) in [6, 6.07) is 14.5. The van der Waals surface area contributed by atoms with E-state index in [-0.39, 0.29) is 18.3 Å². The smallest absolute Gasteiger partial charge is 0.340 e. The summed E-state index contributed by atoms with van der Waals surface area (Å²) in [4.78, 5) is 23.3. The van der Waals surface area contributed by atoms with Crippen molar-refractivity contribution in [3.63, 3.8) is 0 Å². The lowest BCUT2D eigenvalue weighted by Crippen LogP contribution is -2.09. The Morgan fingerprint density at radius 1 is 1.00 bits per heavy atom. The van der Waals surface area contributed by atoms with Gasteiger partial charge in [-0.25, -0.2) is 4.79 Å². The molecule has 0 saturated heterocycles. The Kier molecular flexibility index (Phi) is 5.82. The molecule has 1 heterocycles. The van der Waals surface area contributed by atoms with E-state index in [0.29, 0.717) is 12.1 Å². The summed E-state index contributed by atoms with van der Waals surface area (Å²) in [5, 5.41) is 11.0. The van der Waals surface area contributed by atoms with Crippen LogP contribution in [0.5, 0.6) is 0 Å². The first-order chi connectivity index (χ1) is 13.8. The Balaban J connectivity index is 2.13. The van der Waals surface area contributed by atoms with Gasteiger partial charge < -0.3 is 9.30 Å². The maximum Gasteiger partial charge on any atom is 0.340 e. The van der Waals surface area contributed by atoms with Crippen LogP contribution in [0.2, 0.25) is 0 Å². The molecule has 1 aromatic heterocycles. The zero-order valence-corrected chi connectivity index (χ0v) is 17.1. The first-order valence-electron chi connectivity index (χ1n) is 9.50. The largest absolute Gasteiger partial charge is 0.462 e. The summed E-state index contributed by atoms with van der Waals surface area (Å²) in [5.74, 6) is -0.385. The molecule has 3 aromatic rings. The highest BCUT2D eigenvalue weighted by Crippen LogP contribution is 2.34. The molecule has 0 amide bonds. The molecule has 0 atom stereocenters. The van der Waals surface area contributed by atoms with Crippen molar-refractivity contribution in [2.45, 2.75) is 34.2 Å². The number of rotatable bonds is 6. The molecule has 0 radical (unpaired) electrons. The normalized spacial score (nSPS) is 10.8. The van der Waals surface area contributed by atoms with E-state index in [1.54, 1.807) is 19.1 Å². The number of non-ortho nitro benzene ring substituents is 1. The van der Waals surface area contributed by atoms with Crippen molar-refractivity contribution in [3.05, 3.63) is 86.7 Å². The molecule has 2 aromatic carbocycles. The SMILES string of the molecule is CCOC(=O)c1c(-c2ccc([N+](=O)[O-])cc2)c(C)n(Cc2ccc(C)cc2)c1C. The number of aromatic nitrogens is 1. The lowest BCUT2D eigenvalue weighted by molar-refractivity contribution is -0.384. The van der Waals surface area contributed by atoms with Gasteiger partial charge in [0.05, 0.1) is 17.1 Å². The lowest BCUT2D eigenvalue weighted by atomic mass is 10.0. The standard InChI is InChI=1S/C23H24N2O4/c1-5-29-23(26)22-17(4)24(14-18-8-6-15(2)7-9-18)16(3)21(22)19-10-12-20(13-11-19)25(27)28/h6-13H,5,14H2,1-4H3. The predicted octanol–water partition coefficient (Wildman–Crippen LogP) is 5.21. The molecule has 6 heteroatoms. The van der Waals surface area contributed by atoms with Gasteiger partial charge in [-0.2, -0.15) is 0 Å². The van der Waals surface area contributed by atoms with Gasteiger partial charge in [0, 0.05) is 35.6 Å². The van der Waals surface area contributed by atoms with E-state index < -0.39 is 4.92 Å². The molecule has 0 N–H and O–H groups in total. The van der Waals surface area contributed by atoms with Crippen LogP contribution in [0.3, 0.4) is 0 Å². The molecule has 0 aliphatic carbocycles. The fourth-order valence-corrected chi connectivity index (χ4v) is 3.55. The fraction of sp³-hybridized carbons (Fsp3) is 0.261. The number of benzene rings is 2. The van der Waals surface area contributed by atoms with E-state index in [1.165, 1.54) is 17.7 Å². The molecule has 0 aliphatic rings. The van der Waals surface area contributed by atoms with Gasteiger partial charge in [0.2, 0.25) is 0 Å². The van der Waals surface area contributed by atoms with E-state index in [0.717, 1.165) is 28.1 Å². The topological polar surface area (TPSA) is 74.4 Å². The quantitative estimate of drug-likeness (QED) is 0.328. The highest BCUT2D eigenvalue weighted by atomic mass is 16.6. The van der Waals surface area contributed by atoms with Crippen molar-refractivity contribution in [3.8, 4) is 11.1 Å². The highest BCUT2D eigenvalue weighted by molar-refractivity contribution is 6.00. The molecule has 0 saturated carbocycles. The molecule has 0 fully saturated rings. The van der Waals surface area contributed by atoms with E-state index in [1.807, 2.05) is 20.8 Å². The predicted molar refractivity (Wildman–Crippen MR) is 112 cm³/mol. The summed E-state index contributed by atoms with van der Waals surface area (Å²) in [6.07, 6.45) is 0. The van der Waals surface area contributed by atoms with E-state index in [4.69, 9.17) is 4.74 Å². The minimum absolute atomic E-state index is 0.0138. The number of nitrogens with zero attached hydrogens (tertiary/aromatic N) is 2. The van der Waals surface area contributed by atoms with Crippen molar-refractivity contribution >= 4 is 11.7 Å². The van der Waals surface area contributed by atoms with E-state index >= 15 is 0 Å². The average Bonchev–Trinajstić information content (AvgIpc) is 2.94. The van der Waals surface area contributed by atoms with Gasteiger partial charge in [0.15, 0.2) is 0 Å². The van der Waals surface area contributed by atoms with Crippen LogP contribution in [0.15, 0.2) is 48.5 Å². The number of carbonyl (C=O) groups is 1. The Hall–Kier alpha value is -3.41. The average molecular weight is 392 g/mol. The number of carbonyl (C=O) groups excluding carboxylic acids is 1. The van der Waals surface area contributed by atoms with Gasteiger partial charge >= 0.3 is 5.97 Å². The Morgan fingerprint density at radius 2 is 1.62 bits per heavy atom. The summed E-state index contributed by atoms with van der Waals surface area (Å²) in [5.41, 5.74) is 6.07. The summed E-state index contributed by atoms with van der Waals surface area (Å²) in [6.45, 7) is 8.58. The Labute approximate surface area is 169 Å². The van der Waals surface area contributed by atoms with Gasteiger partial charge in [-0.15, -0.1) is 0 Å². The summed E-state index contributed by atoms with van der Waals surface area (Å²) >= 11 is 0. The molecule has 150 valence electrons. The number of hydrogen-bond donors (Lipinski definition) is 0. The van der Waals surface area contributed by atoms with E-state index in [9.17, 15) is 14.9 Å². The van der Waals surface area contributed by atoms with Gasteiger partial charge in [-0.05, 0) is 51.0 Å². The summed E-state index contributed by atoms with van der Waals surface area (Å²) in [7, 11) is 0. The molecule has 29 heavy (non-hydrogen) atoms. The van der Waals surface area contributed by atoms with Gasteiger partial charge in [-0.1, -0.05) is 29.8 Å². The zero-order chi connectivity index (χ0) is 21.1. The second-order valence-electron chi connectivity index (χ2n) is 7.02. The molecule has 0 bridgehead atoms. The van der Waals surface area contributed by atoms with Crippen LogP contribution in [-0.4, -0.2) is 22.1 Å². The molecule has 3 rings (SSSR count). The number of ether oxygens (including phenoxy) is 1. The fourth-order valence-electron chi connectivity index (χ4n) is 3.55. The van der Waals surface area contributed by atoms with Crippen LogP contribution in [0, 0.1) is 30.9 Å². The molecular formula is C23H24N2O4. The van der Waals surface area contributed by atoms with Gasteiger partial charge in [0.1, 0.15) is 0 Å². The number of aryl methyl sites for hydroxylation is 1. The Bertz CT molecular complexity index is 1050. The zero-order valence-electron chi connectivity index (χ0n) is 17.1. The Morgan fingerprint density at radius 3 is 2.17 bits per heavy atom. The number of nitro benzene ring substituents is 1. The maximum absolute atomic E-state index is 12.8. The van der Waals surface area contributed by atoms with Gasteiger partial charge in [-0.3, -0.25) is 10.1 Å². The first kappa shape index (κ1) is 20.3. The molecule has 0 unspecified atom stereocenters. The third kappa shape index (κ3) is 4.06. The van der Waals surface area contributed by atoms with Crippen molar-refractivity contribution in [1.29, 1.82) is 0 Å². The third-order valence-electron chi connectivity index (χ3n) is 5.09. The maximum atomic E-state index is 12.8. The highest BCUT2D eigenvalue weighted by Gasteiger charge is 2.25. The van der Waals surface area contributed by atoms with Gasteiger partial charge in [0.25, 0.3) is 5.69 Å². The molecule has 0 spiro atoms. The third-order valence-corrected chi connectivity index (χ3v) is 5.09. The van der Waals surface area contributed by atoms with Crippen LogP contribution in [0.25, 0.3) is 11.1 Å². The minimum atomic E-state index is -0.434. The minimum Gasteiger partial charge on any atom is -0.462 e. The van der Waals surface area contributed by atoms with Crippen LogP contribution in [0.1, 0.15) is 39.8 Å². The molecule has 6 nitrogen and oxygen atoms in total. The second kappa shape index (κ2) is 8.31. The number of hydrogen-bond acceptors (Lipinski definition) is 4. The molecular weight excluding hydrogens is 368 g/mol. The molecule has 0 aliphatic heterocycles. The van der Waals surface area contributed by atoms with Crippen molar-refractivity contribution < 1.29 is 14.5 Å². The number of nitro groups is 1. The lowest BCUT2D eigenvalue weighted by Gasteiger charge is -2.10. The van der Waals surface area contributed by atoms with Crippen LogP contribution in [-0.2, 0) is 11.3 Å². The second-order valence-corrected chi connectivity index (χ2v) is 7.02. The summed E-state index contributed by atoms with van der Waals surface area (Å²) < 4.78 is 7.40. The first-order valence-corrected chi connectivity index (χ1v) is 9.50. The monoisotopic (exact) mass is 392 g/mol. The van der Waals surface area contributed by atoms with Crippen LogP contribution in [0.4, 0.5) is 5.69 Å². The van der Waals surface area contributed by atoms with Crippen LogP contribution >= 0.6 is 0 Å². The van der Waals surface area contributed by atoms with Crippen LogP contribution < -0.4 is 0 Å².